The zero-order valence-corrected chi connectivity index (χ0v) is 18.7. The topological polar surface area (TPSA) is 115 Å². The Hall–Kier alpha value is -2.95. The summed E-state index contributed by atoms with van der Waals surface area (Å²) in [5.74, 6) is 0.636. The average molecular weight is 463 g/mol. The van der Waals surface area contributed by atoms with Crippen LogP contribution in [-0.2, 0) is 9.84 Å². The summed E-state index contributed by atoms with van der Waals surface area (Å²) in [6, 6.07) is 10.6. The summed E-state index contributed by atoms with van der Waals surface area (Å²) in [5.41, 5.74) is 0.272. The van der Waals surface area contributed by atoms with Crippen molar-refractivity contribution in [1.29, 1.82) is 0 Å². The molecule has 164 valence electrons. The summed E-state index contributed by atoms with van der Waals surface area (Å²) in [5, 5.41) is 14.6. The van der Waals surface area contributed by atoms with Crippen LogP contribution in [0.15, 0.2) is 58.9 Å². The summed E-state index contributed by atoms with van der Waals surface area (Å²) in [6.07, 6.45) is 1.47. The predicted octanol–water partition coefficient (Wildman–Crippen LogP) is 3.74. The van der Waals surface area contributed by atoms with Gasteiger partial charge in [0.1, 0.15) is 23.4 Å². The highest BCUT2D eigenvalue weighted by molar-refractivity contribution is 7.90. The van der Waals surface area contributed by atoms with E-state index in [2.05, 4.69) is 10.3 Å². The fourth-order valence-corrected chi connectivity index (χ4v) is 3.64. The van der Waals surface area contributed by atoms with E-state index in [1.165, 1.54) is 41.7 Å². The molecule has 1 aromatic heterocycles. The Morgan fingerprint density at radius 3 is 2.35 bits per heavy atom. The van der Waals surface area contributed by atoms with Crippen LogP contribution in [0.3, 0.4) is 0 Å². The minimum Gasteiger partial charge on any atom is -0.488 e. The second-order valence-electron chi connectivity index (χ2n) is 6.89. The molecule has 8 nitrogen and oxygen atoms in total. The molecule has 1 heterocycles. The Morgan fingerprint density at radius 1 is 1.10 bits per heavy atom. The van der Waals surface area contributed by atoms with E-state index in [1.807, 2.05) is 0 Å². The number of carbonyl (C=O) groups excluding carboxylic acids is 1. The van der Waals surface area contributed by atoms with Gasteiger partial charge < -0.3 is 14.6 Å². The maximum Gasteiger partial charge on any atom is 0.257 e. The Labute approximate surface area is 184 Å². The molecule has 1 unspecified atom stereocenters. The molecule has 31 heavy (non-hydrogen) atoms. The van der Waals surface area contributed by atoms with Gasteiger partial charge in [-0.25, -0.2) is 13.4 Å². The predicted molar refractivity (Wildman–Crippen MR) is 118 cm³/mol. The van der Waals surface area contributed by atoms with E-state index in [0.717, 1.165) is 6.26 Å². The molecule has 0 aliphatic rings. The first-order valence-corrected chi connectivity index (χ1v) is 12.1. The molecule has 2 atom stereocenters. The molecule has 0 spiro atoms. The highest BCUT2D eigenvalue weighted by atomic mass is 32.2. The monoisotopic (exact) mass is 462 g/mol. The number of sulfone groups is 1. The van der Waals surface area contributed by atoms with Crippen molar-refractivity contribution < 1.29 is 27.8 Å². The number of nitrogens with one attached hydrogen (secondary N) is 1. The van der Waals surface area contributed by atoms with Gasteiger partial charge in [0.05, 0.1) is 11.0 Å². The minimum atomic E-state index is -3.32. The van der Waals surface area contributed by atoms with Crippen LogP contribution in [-0.4, -0.2) is 42.9 Å². The number of benzene rings is 2. The second kappa shape index (κ2) is 9.46. The van der Waals surface area contributed by atoms with Gasteiger partial charge in [0, 0.05) is 29.5 Å². The molecule has 2 N–H and O–H groups in total. The molecule has 0 radical (unpaired) electrons. The van der Waals surface area contributed by atoms with Crippen LogP contribution in [0.2, 0.25) is 0 Å². The van der Waals surface area contributed by atoms with Gasteiger partial charge in [-0.3, -0.25) is 10.1 Å². The van der Waals surface area contributed by atoms with Crippen molar-refractivity contribution >= 4 is 32.2 Å². The van der Waals surface area contributed by atoms with E-state index in [9.17, 15) is 18.3 Å². The van der Waals surface area contributed by atoms with Gasteiger partial charge in [-0.15, -0.1) is 11.3 Å². The number of hydrogen-bond acceptors (Lipinski definition) is 8. The summed E-state index contributed by atoms with van der Waals surface area (Å²) in [4.78, 5) is 16.9. The van der Waals surface area contributed by atoms with Crippen LogP contribution in [0.5, 0.6) is 17.2 Å². The molecular formula is C21H22N2O6S2. The zero-order chi connectivity index (χ0) is 22.6. The number of aromatic nitrogens is 1. The molecule has 1 amide bonds. The quantitative estimate of drug-likeness (QED) is 0.524. The smallest absolute Gasteiger partial charge is 0.257 e. The van der Waals surface area contributed by atoms with Crippen LogP contribution < -0.4 is 14.8 Å². The van der Waals surface area contributed by atoms with Gasteiger partial charge in [0.2, 0.25) is 0 Å². The Bertz CT molecular complexity index is 1140. The van der Waals surface area contributed by atoms with Crippen molar-refractivity contribution in [3.05, 3.63) is 59.6 Å². The first kappa shape index (κ1) is 22.7. The number of hydrogen-bond donors (Lipinski definition) is 2. The third-order valence-corrected chi connectivity index (χ3v) is 6.10. The van der Waals surface area contributed by atoms with Gasteiger partial charge in [0.25, 0.3) is 5.91 Å². The van der Waals surface area contributed by atoms with E-state index in [-0.39, 0.29) is 10.5 Å². The second-order valence-corrected chi connectivity index (χ2v) is 9.80. The Kier molecular flexibility index (Phi) is 6.94. The number of rotatable bonds is 8. The molecular weight excluding hydrogens is 440 g/mol. The number of amides is 1. The summed E-state index contributed by atoms with van der Waals surface area (Å²) in [6.45, 7) is 3.31. The van der Waals surface area contributed by atoms with Crippen molar-refractivity contribution in [2.45, 2.75) is 31.0 Å². The molecule has 0 aliphatic carbocycles. The molecule has 0 saturated heterocycles. The lowest BCUT2D eigenvalue weighted by atomic mass is 10.1. The molecule has 2 aromatic carbocycles. The van der Waals surface area contributed by atoms with Crippen LogP contribution in [0.1, 0.15) is 24.2 Å². The van der Waals surface area contributed by atoms with E-state index < -0.39 is 28.0 Å². The lowest BCUT2D eigenvalue weighted by Gasteiger charge is -2.18. The van der Waals surface area contributed by atoms with Gasteiger partial charge >= 0.3 is 0 Å². The Balaban J connectivity index is 1.89. The first-order valence-electron chi connectivity index (χ1n) is 9.30. The number of thiazole rings is 1. The SMILES string of the molecule is CC(O)[C@H](C)Oc1cc(Oc2ccc(S(C)(=O)=O)cc2)cc(C(=O)Nc2nccs2)c1. The molecule has 0 aliphatic heterocycles. The van der Waals surface area contributed by atoms with Crippen molar-refractivity contribution in [2.75, 3.05) is 11.6 Å². The Morgan fingerprint density at radius 2 is 1.77 bits per heavy atom. The van der Waals surface area contributed by atoms with E-state index in [4.69, 9.17) is 9.47 Å². The number of anilines is 1. The van der Waals surface area contributed by atoms with Gasteiger partial charge in [-0.05, 0) is 50.2 Å². The van der Waals surface area contributed by atoms with Crippen molar-refractivity contribution in [1.82, 2.24) is 4.98 Å². The molecule has 3 aromatic rings. The number of nitrogens with zero attached hydrogens (tertiary/aromatic N) is 1. The normalized spacial score (nSPS) is 13.3. The van der Waals surface area contributed by atoms with Gasteiger partial charge in [-0.1, -0.05) is 0 Å². The molecule has 0 saturated carbocycles. The van der Waals surface area contributed by atoms with E-state index in [0.29, 0.717) is 22.4 Å². The van der Waals surface area contributed by atoms with Crippen molar-refractivity contribution in [3.8, 4) is 17.2 Å². The fraction of sp³-hybridized carbons (Fsp3) is 0.238. The number of ether oxygens (including phenoxy) is 2. The maximum atomic E-state index is 12.7. The highest BCUT2D eigenvalue weighted by Crippen LogP contribution is 2.29. The van der Waals surface area contributed by atoms with E-state index >= 15 is 0 Å². The lowest BCUT2D eigenvalue weighted by molar-refractivity contribution is 0.0602. The van der Waals surface area contributed by atoms with Crippen molar-refractivity contribution in [2.24, 2.45) is 0 Å². The van der Waals surface area contributed by atoms with Crippen molar-refractivity contribution in [3.63, 3.8) is 0 Å². The third kappa shape index (κ3) is 6.27. The molecule has 0 bridgehead atoms. The highest BCUT2D eigenvalue weighted by Gasteiger charge is 2.16. The standard InChI is InChI=1S/C21H22N2O6S2/c1-13(24)14(2)28-17-10-15(20(25)23-21-22-8-9-30-21)11-18(12-17)29-16-4-6-19(7-5-16)31(3,26)27/h4-14,24H,1-3H3,(H,22,23,25)/t13?,14-/m0/s1. The van der Waals surface area contributed by atoms with Crippen LogP contribution in [0.4, 0.5) is 5.13 Å². The van der Waals surface area contributed by atoms with Crippen LogP contribution in [0, 0.1) is 0 Å². The lowest BCUT2D eigenvalue weighted by Crippen LogP contribution is -2.25. The molecule has 10 heteroatoms. The van der Waals surface area contributed by atoms with Gasteiger partial charge in [0.15, 0.2) is 15.0 Å². The number of aliphatic hydroxyl groups excluding tert-OH is 1. The fourth-order valence-electron chi connectivity index (χ4n) is 2.49. The molecule has 0 fully saturated rings. The van der Waals surface area contributed by atoms with Crippen LogP contribution >= 0.6 is 11.3 Å². The number of aliphatic hydroxyl groups is 1. The largest absolute Gasteiger partial charge is 0.488 e. The van der Waals surface area contributed by atoms with Gasteiger partial charge in [-0.2, -0.15) is 0 Å². The van der Waals surface area contributed by atoms with E-state index in [1.54, 1.807) is 37.6 Å². The maximum absolute atomic E-state index is 12.7. The average Bonchev–Trinajstić information content (AvgIpc) is 3.20. The van der Waals surface area contributed by atoms with Crippen LogP contribution in [0.25, 0.3) is 0 Å². The first-order chi connectivity index (χ1) is 14.6. The molecule has 3 rings (SSSR count). The minimum absolute atomic E-state index is 0.172. The summed E-state index contributed by atoms with van der Waals surface area (Å²) >= 11 is 1.29. The summed E-state index contributed by atoms with van der Waals surface area (Å²) in [7, 11) is -3.32. The zero-order valence-electron chi connectivity index (χ0n) is 17.1. The number of carbonyl (C=O) groups is 1. The third-order valence-electron chi connectivity index (χ3n) is 4.28. The summed E-state index contributed by atoms with van der Waals surface area (Å²) < 4.78 is 34.8.